The third kappa shape index (κ3) is 6.53. The summed E-state index contributed by atoms with van der Waals surface area (Å²) in [6.07, 6.45) is 3.71. The van der Waals surface area contributed by atoms with Gasteiger partial charge in [0.1, 0.15) is 18.2 Å². The number of pyridine rings is 1. The number of fused-ring (bicyclic) bond motifs is 1. The lowest BCUT2D eigenvalue weighted by Crippen LogP contribution is -2.47. The molecular formula is C19H31IN8O. The molecule has 2 aromatic heterocycles. The number of nitrogens with one attached hydrogen (secondary N) is 2. The highest BCUT2D eigenvalue weighted by atomic mass is 127. The molecule has 0 amide bonds. The van der Waals surface area contributed by atoms with Gasteiger partial charge in [0.25, 0.3) is 0 Å². The van der Waals surface area contributed by atoms with Crippen LogP contribution in [0, 0.1) is 0 Å². The van der Waals surface area contributed by atoms with Gasteiger partial charge in [0.15, 0.2) is 11.8 Å². The maximum absolute atomic E-state index is 5.14. The first kappa shape index (κ1) is 23.3. The van der Waals surface area contributed by atoms with Crippen molar-refractivity contribution in [3.63, 3.8) is 0 Å². The Kier molecular flexibility index (Phi) is 9.08. The van der Waals surface area contributed by atoms with Crippen LogP contribution in [-0.4, -0.2) is 59.5 Å². The molecule has 0 saturated carbocycles. The molecule has 0 spiro atoms. The van der Waals surface area contributed by atoms with Crippen LogP contribution in [0.1, 0.15) is 30.6 Å². The average Bonchev–Trinajstić information content (AvgIpc) is 3.08. The predicted octanol–water partition coefficient (Wildman–Crippen LogP) is 1.57. The summed E-state index contributed by atoms with van der Waals surface area (Å²) < 4.78 is 7.11. The lowest BCUT2D eigenvalue weighted by molar-refractivity contribution is 0.177. The van der Waals surface area contributed by atoms with Gasteiger partial charge in [-0.1, -0.05) is 0 Å². The van der Waals surface area contributed by atoms with Crippen LogP contribution in [0.25, 0.3) is 0 Å². The minimum absolute atomic E-state index is 0. The Bertz CT molecular complexity index is 807. The summed E-state index contributed by atoms with van der Waals surface area (Å²) in [6, 6.07) is 4.32. The van der Waals surface area contributed by atoms with Gasteiger partial charge in [-0.05, 0) is 31.0 Å². The lowest BCUT2D eigenvalue weighted by atomic mass is 10.1. The van der Waals surface area contributed by atoms with E-state index in [-0.39, 0.29) is 30.0 Å². The summed E-state index contributed by atoms with van der Waals surface area (Å²) >= 11 is 0. The van der Waals surface area contributed by atoms with Crippen LogP contribution in [0.15, 0.2) is 23.3 Å². The SMILES string of the molecule is CCNC(=NCc1ccnc(N(C)C)c1)NC1CCc2nc(COC)nn2C1.I. The average molecular weight is 514 g/mol. The predicted molar refractivity (Wildman–Crippen MR) is 125 cm³/mol. The second kappa shape index (κ2) is 11.3. The van der Waals surface area contributed by atoms with Gasteiger partial charge in [0.05, 0.1) is 13.1 Å². The number of rotatable bonds is 7. The molecule has 1 atom stereocenters. The van der Waals surface area contributed by atoms with Crippen molar-refractivity contribution in [2.75, 3.05) is 32.6 Å². The molecule has 29 heavy (non-hydrogen) atoms. The van der Waals surface area contributed by atoms with Gasteiger partial charge >= 0.3 is 0 Å². The van der Waals surface area contributed by atoms with Gasteiger partial charge in [-0.3, -0.25) is 0 Å². The summed E-state index contributed by atoms with van der Waals surface area (Å²) in [5, 5.41) is 11.4. The zero-order chi connectivity index (χ0) is 19.9. The van der Waals surface area contributed by atoms with E-state index in [4.69, 9.17) is 9.73 Å². The molecule has 3 heterocycles. The molecule has 10 heteroatoms. The van der Waals surface area contributed by atoms with Crippen LogP contribution in [0.3, 0.4) is 0 Å². The number of hydrogen-bond donors (Lipinski definition) is 2. The van der Waals surface area contributed by atoms with Gasteiger partial charge < -0.3 is 20.3 Å². The fraction of sp³-hybridized carbons (Fsp3) is 0.579. The number of anilines is 1. The molecule has 2 aromatic rings. The number of nitrogens with zero attached hydrogens (tertiary/aromatic N) is 6. The number of halogens is 1. The van der Waals surface area contributed by atoms with Gasteiger partial charge in [0, 0.05) is 46.4 Å². The Morgan fingerprint density at radius 2 is 2.24 bits per heavy atom. The molecule has 0 aliphatic carbocycles. The minimum atomic E-state index is 0. The molecule has 1 aliphatic heterocycles. The van der Waals surface area contributed by atoms with Crippen LogP contribution in [0.5, 0.6) is 0 Å². The Morgan fingerprint density at radius 1 is 1.41 bits per heavy atom. The van der Waals surface area contributed by atoms with E-state index in [0.29, 0.717) is 13.2 Å². The van der Waals surface area contributed by atoms with Crippen molar-refractivity contribution in [3.8, 4) is 0 Å². The number of aromatic nitrogens is 4. The standard InChI is InChI=1S/C19H30N8O.HI/c1-5-20-19(22-11-14-8-9-21-18(10-14)26(2)3)23-15-6-7-17-24-16(13-28-4)25-27(17)12-15;/h8-10,15H,5-7,11-13H2,1-4H3,(H2,20,22,23);1H. The molecule has 0 bridgehead atoms. The fourth-order valence-corrected chi connectivity index (χ4v) is 3.16. The van der Waals surface area contributed by atoms with Crippen LogP contribution in [-0.2, 0) is 30.9 Å². The highest BCUT2D eigenvalue weighted by Crippen LogP contribution is 2.14. The van der Waals surface area contributed by atoms with Crippen LogP contribution < -0.4 is 15.5 Å². The lowest BCUT2D eigenvalue weighted by Gasteiger charge is -2.25. The summed E-state index contributed by atoms with van der Waals surface area (Å²) in [5.41, 5.74) is 1.13. The first-order valence-corrected chi connectivity index (χ1v) is 9.67. The van der Waals surface area contributed by atoms with Crippen molar-refractivity contribution in [1.29, 1.82) is 0 Å². The Hall–Kier alpha value is -1.95. The van der Waals surface area contributed by atoms with Crippen LogP contribution in [0.4, 0.5) is 5.82 Å². The number of aliphatic imine (C=N–C) groups is 1. The quantitative estimate of drug-likeness (QED) is 0.329. The number of hydrogen-bond acceptors (Lipinski definition) is 6. The van der Waals surface area contributed by atoms with Gasteiger partial charge in [-0.2, -0.15) is 5.10 Å². The van der Waals surface area contributed by atoms with Crippen LogP contribution >= 0.6 is 24.0 Å². The van der Waals surface area contributed by atoms with E-state index in [1.807, 2.05) is 35.9 Å². The molecule has 9 nitrogen and oxygen atoms in total. The minimum Gasteiger partial charge on any atom is -0.377 e. The number of aryl methyl sites for hydroxylation is 1. The van der Waals surface area contributed by atoms with E-state index in [9.17, 15) is 0 Å². The third-order valence-corrected chi connectivity index (χ3v) is 4.55. The Labute approximate surface area is 189 Å². The molecule has 0 radical (unpaired) electrons. The number of ether oxygens (including phenoxy) is 1. The molecule has 1 aliphatic rings. The van der Waals surface area contributed by atoms with Crippen molar-refractivity contribution in [2.45, 2.75) is 45.5 Å². The van der Waals surface area contributed by atoms with Crippen molar-refractivity contribution in [3.05, 3.63) is 35.5 Å². The summed E-state index contributed by atoms with van der Waals surface area (Å²) in [4.78, 5) is 15.6. The molecule has 0 saturated heterocycles. The molecule has 0 aromatic carbocycles. The maximum atomic E-state index is 5.14. The number of methoxy groups -OCH3 is 1. The van der Waals surface area contributed by atoms with Gasteiger partial charge in [0.2, 0.25) is 0 Å². The fourth-order valence-electron chi connectivity index (χ4n) is 3.16. The van der Waals surface area contributed by atoms with E-state index in [0.717, 1.165) is 54.9 Å². The van der Waals surface area contributed by atoms with E-state index in [1.165, 1.54) is 0 Å². The van der Waals surface area contributed by atoms with E-state index in [2.05, 4.69) is 38.7 Å². The summed E-state index contributed by atoms with van der Waals surface area (Å²) in [7, 11) is 5.63. The first-order valence-electron chi connectivity index (χ1n) is 9.67. The normalized spacial score (nSPS) is 16.0. The second-order valence-corrected chi connectivity index (χ2v) is 7.05. The highest BCUT2D eigenvalue weighted by molar-refractivity contribution is 14.0. The highest BCUT2D eigenvalue weighted by Gasteiger charge is 2.22. The van der Waals surface area contributed by atoms with Crippen molar-refractivity contribution in [1.82, 2.24) is 30.4 Å². The molecular weight excluding hydrogens is 483 g/mol. The van der Waals surface area contributed by atoms with E-state index in [1.54, 1.807) is 7.11 Å². The smallest absolute Gasteiger partial charge is 0.191 e. The molecule has 3 rings (SSSR count). The van der Waals surface area contributed by atoms with Crippen LogP contribution in [0.2, 0.25) is 0 Å². The zero-order valence-corrected chi connectivity index (χ0v) is 19.9. The van der Waals surface area contributed by atoms with Gasteiger partial charge in [-0.25, -0.2) is 19.6 Å². The largest absolute Gasteiger partial charge is 0.377 e. The first-order chi connectivity index (χ1) is 13.6. The Morgan fingerprint density at radius 3 is 2.97 bits per heavy atom. The topological polar surface area (TPSA) is 92.5 Å². The molecule has 2 N–H and O–H groups in total. The maximum Gasteiger partial charge on any atom is 0.191 e. The van der Waals surface area contributed by atoms with Crippen molar-refractivity contribution >= 4 is 35.8 Å². The zero-order valence-electron chi connectivity index (χ0n) is 17.6. The monoisotopic (exact) mass is 514 g/mol. The second-order valence-electron chi connectivity index (χ2n) is 7.05. The third-order valence-electron chi connectivity index (χ3n) is 4.55. The molecule has 1 unspecified atom stereocenters. The Balaban J connectivity index is 0.00000300. The van der Waals surface area contributed by atoms with E-state index >= 15 is 0 Å². The van der Waals surface area contributed by atoms with Crippen molar-refractivity contribution < 1.29 is 4.74 Å². The number of guanidine groups is 1. The van der Waals surface area contributed by atoms with E-state index < -0.39 is 0 Å². The molecule has 160 valence electrons. The summed E-state index contributed by atoms with van der Waals surface area (Å²) in [6.45, 7) is 4.70. The molecule has 0 fully saturated rings. The van der Waals surface area contributed by atoms with Gasteiger partial charge in [-0.15, -0.1) is 24.0 Å². The summed E-state index contributed by atoms with van der Waals surface area (Å²) in [5.74, 6) is 3.52. The van der Waals surface area contributed by atoms with Crippen molar-refractivity contribution in [2.24, 2.45) is 4.99 Å².